The van der Waals surface area contributed by atoms with E-state index in [0.717, 1.165) is 0 Å². The number of nitrogens with zero attached hydrogens (tertiary/aromatic N) is 2. The van der Waals surface area contributed by atoms with E-state index in [2.05, 4.69) is 15.7 Å². The Bertz CT molecular complexity index is 940. The van der Waals surface area contributed by atoms with Gasteiger partial charge in [0.25, 0.3) is 5.91 Å². The van der Waals surface area contributed by atoms with E-state index in [9.17, 15) is 19.2 Å². The average Bonchev–Trinajstić information content (AvgIpc) is 2.66. The zero-order valence-electron chi connectivity index (χ0n) is 15.3. The molecule has 0 aliphatic carbocycles. The highest BCUT2D eigenvalue weighted by atomic mass is 35.5. The second kappa shape index (κ2) is 9.65. The summed E-state index contributed by atoms with van der Waals surface area (Å²) in [5, 5.41) is 9.37. The molecule has 0 fully saturated rings. The van der Waals surface area contributed by atoms with Crippen molar-refractivity contribution in [2.45, 2.75) is 13.8 Å². The third kappa shape index (κ3) is 5.65. The number of rotatable bonds is 7. The van der Waals surface area contributed by atoms with Crippen molar-refractivity contribution in [2.24, 2.45) is 0 Å². The van der Waals surface area contributed by atoms with Crippen LogP contribution in [0.2, 0.25) is 5.02 Å². The van der Waals surface area contributed by atoms with Gasteiger partial charge in [0.1, 0.15) is 0 Å². The molecule has 148 valence electrons. The summed E-state index contributed by atoms with van der Waals surface area (Å²) in [6.07, 6.45) is 0. The number of nitrogens with one attached hydrogen (secondary N) is 2. The number of halogens is 1. The monoisotopic (exact) mass is 406 g/mol. The van der Waals surface area contributed by atoms with Gasteiger partial charge >= 0.3 is 5.97 Å². The maximum atomic E-state index is 12.2. The second-order valence-corrected chi connectivity index (χ2v) is 6.13. The number of esters is 1. The van der Waals surface area contributed by atoms with Gasteiger partial charge in [0, 0.05) is 23.3 Å². The standard InChI is InChI=1S/C18H19ClN4O5/c1-3-20-15(25)9-21-16(26)10-28-18(27)17-14(24)8-11(2)23(22-17)13-6-4-12(19)5-7-13/h4-8H,3,9-10H2,1-2H3,(H,20,25)(H,21,26). The van der Waals surface area contributed by atoms with Gasteiger partial charge in [-0.3, -0.25) is 14.4 Å². The Morgan fingerprint density at radius 2 is 1.82 bits per heavy atom. The molecule has 0 aliphatic heterocycles. The first-order valence-electron chi connectivity index (χ1n) is 8.39. The summed E-state index contributed by atoms with van der Waals surface area (Å²) in [6.45, 7) is 2.95. The average molecular weight is 407 g/mol. The topological polar surface area (TPSA) is 119 Å². The van der Waals surface area contributed by atoms with E-state index in [1.54, 1.807) is 38.1 Å². The lowest BCUT2D eigenvalue weighted by Gasteiger charge is -2.11. The predicted molar refractivity (Wildman–Crippen MR) is 102 cm³/mol. The van der Waals surface area contributed by atoms with Crippen molar-refractivity contribution in [3.05, 3.63) is 57.0 Å². The van der Waals surface area contributed by atoms with Crippen molar-refractivity contribution in [2.75, 3.05) is 19.7 Å². The minimum Gasteiger partial charge on any atom is -0.451 e. The molecule has 2 amide bonds. The molecular formula is C18H19ClN4O5. The van der Waals surface area contributed by atoms with Gasteiger partial charge in [-0.05, 0) is 38.1 Å². The summed E-state index contributed by atoms with van der Waals surface area (Å²) in [4.78, 5) is 47.2. The number of hydrogen-bond acceptors (Lipinski definition) is 6. The first-order chi connectivity index (χ1) is 13.3. The molecule has 0 aliphatic rings. The van der Waals surface area contributed by atoms with E-state index < -0.39 is 29.6 Å². The van der Waals surface area contributed by atoms with Gasteiger partial charge in [-0.2, -0.15) is 5.10 Å². The van der Waals surface area contributed by atoms with E-state index in [1.165, 1.54) is 10.7 Å². The molecule has 2 rings (SSSR count). The molecular weight excluding hydrogens is 388 g/mol. The molecule has 1 aromatic carbocycles. The fourth-order valence-electron chi connectivity index (χ4n) is 2.22. The van der Waals surface area contributed by atoms with Crippen LogP contribution < -0.4 is 16.1 Å². The molecule has 0 saturated heterocycles. The molecule has 0 saturated carbocycles. The quantitative estimate of drug-likeness (QED) is 0.650. The number of aryl methyl sites for hydroxylation is 1. The molecule has 28 heavy (non-hydrogen) atoms. The molecule has 0 spiro atoms. The van der Waals surface area contributed by atoms with Gasteiger partial charge in [0.05, 0.1) is 12.2 Å². The summed E-state index contributed by atoms with van der Waals surface area (Å²) in [6, 6.07) is 7.89. The molecule has 0 atom stereocenters. The largest absolute Gasteiger partial charge is 0.451 e. The number of carbonyl (C=O) groups excluding carboxylic acids is 3. The highest BCUT2D eigenvalue weighted by molar-refractivity contribution is 6.30. The van der Waals surface area contributed by atoms with E-state index in [4.69, 9.17) is 16.3 Å². The number of aromatic nitrogens is 2. The zero-order valence-corrected chi connectivity index (χ0v) is 16.1. The van der Waals surface area contributed by atoms with Crippen molar-refractivity contribution >= 4 is 29.4 Å². The summed E-state index contributed by atoms with van der Waals surface area (Å²) < 4.78 is 6.23. The second-order valence-electron chi connectivity index (χ2n) is 5.69. The summed E-state index contributed by atoms with van der Waals surface area (Å²) in [5.41, 5.74) is 0.00621. The van der Waals surface area contributed by atoms with Crippen LogP contribution in [0.4, 0.5) is 0 Å². The minimum atomic E-state index is -1.04. The zero-order chi connectivity index (χ0) is 20.7. The van der Waals surface area contributed by atoms with Crippen LogP contribution in [0.3, 0.4) is 0 Å². The predicted octanol–water partition coefficient (Wildman–Crippen LogP) is 0.603. The summed E-state index contributed by atoms with van der Waals surface area (Å²) in [5.74, 6) is -2.08. The lowest BCUT2D eigenvalue weighted by Crippen LogP contribution is -2.38. The molecule has 9 nitrogen and oxygen atoms in total. The van der Waals surface area contributed by atoms with Crippen molar-refractivity contribution in [3.8, 4) is 5.69 Å². The van der Waals surface area contributed by atoms with Gasteiger partial charge in [-0.25, -0.2) is 9.48 Å². The lowest BCUT2D eigenvalue weighted by atomic mass is 10.3. The lowest BCUT2D eigenvalue weighted by molar-refractivity contribution is -0.127. The first kappa shape index (κ1) is 21.1. The number of carbonyl (C=O) groups is 3. The maximum Gasteiger partial charge on any atom is 0.363 e. The van der Waals surface area contributed by atoms with Gasteiger partial charge in [-0.1, -0.05) is 11.6 Å². The Labute approximate surface area is 165 Å². The van der Waals surface area contributed by atoms with Crippen molar-refractivity contribution < 1.29 is 19.1 Å². The molecule has 1 aromatic heterocycles. The van der Waals surface area contributed by atoms with Crippen LogP contribution in [0.25, 0.3) is 5.69 Å². The number of benzene rings is 1. The molecule has 2 N–H and O–H groups in total. The van der Waals surface area contributed by atoms with Crippen molar-refractivity contribution in [1.82, 2.24) is 20.4 Å². The number of amides is 2. The number of hydrogen-bond donors (Lipinski definition) is 2. The molecule has 2 aromatic rings. The maximum absolute atomic E-state index is 12.2. The first-order valence-corrected chi connectivity index (χ1v) is 8.77. The fraction of sp³-hybridized carbons (Fsp3) is 0.278. The SMILES string of the molecule is CCNC(=O)CNC(=O)COC(=O)c1nn(-c2ccc(Cl)cc2)c(C)cc1=O. The molecule has 0 radical (unpaired) electrons. The van der Waals surface area contributed by atoms with E-state index in [1.807, 2.05) is 0 Å². The minimum absolute atomic E-state index is 0.240. The fourth-order valence-corrected chi connectivity index (χ4v) is 2.35. The number of ether oxygens (including phenoxy) is 1. The Balaban J connectivity index is 2.08. The highest BCUT2D eigenvalue weighted by Crippen LogP contribution is 2.13. The Kier molecular flexibility index (Phi) is 7.28. The normalized spacial score (nSPS) is 10.2. The van der Waals surface area contributed by atoms with Gasteiger partial charge in [0.2, 0.25) is 17.0 Å². The van der Waals surface area contributed by atoms with Crippen LogP contribution in [-0.2, 0) is 14.3 Å². The van der Waals surface area contributed by atoms with Crippen molar-refractivity contribution in [1.29, 1.82) is 0 Å². The molecule has 0 unspecified atom stereocenters. The van der Waals surface area contributed by atoms with Crippen molar-refractivity contribution in [3.63, 3.8) is 0 Å². The van der Waals surface area contributed by atoms with Crippen LogP contribution >= 0.6 is 11.6 Å². The van der Waals surface area contributed by atoms with Crippen LogP contribution in [0, 0.1) is 6.92 Å². The highest BCUT2D eigenvalue weighted by Gasteiger charge is 2.18. The van der Waals surface area contributed by atoms with Crippen LogP contribution in [0.1, 0.15) is 23.1 Å². The van der Waals surface area contributed by atoms with Gasteiger partial charge in [-0.15, -0.1) is 0 Å². The van der Waals surface area contributed by atoms with Gasteiger partial charge in [0.15, 0.2) is 6.61 Å². The third-order valence-corrected chi connectivity index (χ3v) is 3.78. The number of likely N-dealkylation sites (N-methyl/N-ethyl adjacent to an activating group) is 1. The van der Waals surface area contributed by atoms with Crippen LogP contribution in [0.15, 0.2) is 35.1 Å². The Morgan fingerprint density at radius 3 is 2.46 bits per heavy atom. The third-order valence-electron chi connectivity index (χ3n) is 3.53. The Morgan fingerprint density at radius 1 is 1.14 bits per heavy atom. The smallest absolute Gasteiger partial charge is 0.363 e. The molecule has 0 bridgehead atoms. The van der Waals surface area contributed by atoms with Crippen LogP contribution in [-0.4, -0.2) is 47.3 Å². The van der Waals surface area contributed by atoms with E-state index in [-0.39, 0.29) is 12.5 Å². The van der Waals surface area contributed by atoms with E-state index >= 15 is 0 Å². The molecule has 1 heterocycles. The van der Waals surface area contributed by atoms with Gasteiger partial charge < -0.3 is 15.4 Å². The summed E-state index contributed by atoms with van der Waals surface area (Å²) >= 11 is 5.86. The summed E-state index contributed by atoms with van der Waals surface area (Å²) in [7, 11) is 0. The van der Waals surface area contributed by atoms with E-state index in [0.29, 0.717) is 22.9 Å². The van der Waals surface area contributed by atoms with Crippen LogP contribution in [0.5, 0.6) is 0 Å². The Hall–Kier alpha value is -3.20. The molecule has 10 heteroatoms.